The summed E-state index contributed by atoms with van der Waals surface area (Å²) in [6, 6.07) is 14.6. The zero-order valence-corrected chi connectivity index (χ0v) is 20.3. The molecule has 35 heavy (non-hydrogen) atoms. The van der Waals surface area contributed by atoms with Crippen molar-refractivity contribution in [3.63, 3.8) is 0 Å². The Labute approximate surface area is 210 Å². The summed E-state index contributed by atoms with van der Waals surface area (Å²) in [7, 11) is 0. The molecule has 0 fully saturated rings. The van der Waals surface area contributed by atoms with Gasteiger partial charge in [-0.3, -0.25) is 19.6 Å². The van der Waals surface area contributed by atoms with Crippen LogP contribution in [0.2, 0.25) is 10.0 Å². The van der Waals surface area contributed by atoms with E-state index >= 15 is 0 Å². The maximum Gasteiger partial charge on any atom is 0.292 e. The lowest BCUT2D eigenvalue weighted by Gasteiger charge is -2.08. The number of rotatable bonds is 8. The third kappa shape index (κ3) is 5.64. The molecule has 0 aliphatic carbocycles. The number of anilines is 1. The van der Waals surface area contributed by atoms with Crippen LogP contribution in [0.15, 0.2) is 59.0 Å². The van der Waals surface area contributed by atoms with E-state index in [1.165, 1.54) is 18.2 Å². The van der Waals surface area contributed by atoms with Crippen LogP contribution in [0.1, 0.15) is 33.1 Å². The first-order chi connectivity index (χ1) is 16.7. The van der Waals surface area contributed by atoms with Crippen LogP contribution in [-0.4, -0.2) is 20.6 Å². The summed E-state index contributed by atoms with van der Waals surface area (Å²) in [6.45, 7) is 3.89. The van der Waals surface area contributed by atoms with E-state index in [0.717, 1.165) is 11.3 Å². The van der Waals surface area contributed by atoms with Crippen molar-refractivity contribution in [3.05, 3.63) is 103 Å². The highest BCUT2D eigenvalue weighted by Gasteiger charge is 2.16. The van der Waals surface area contributed by atoms with Crippen molar-refractivity contribution in [2.24, 2.45) is 0 Å². The Balaban J connectivity index is 1.38. The van der Waals surface area contributed by atoms with Crippen LogP contribution < -0.4 is 10.1 Å². The summed E-state index contributed by atoms with van der Waals surface area (Å²) in [5.41, 5.74) is 2.04. The fraction of sp³-hybridized carbons (Fsp3) is 0.167. The normalized spacial score (nSPS) is 10.9. The molecule has 0 bridgehead atoms. The van der Waals surface area contributed by atoms with Gasteiger partial charge in [-0.15, -0.1) is 0 Å². The zero-order chi connectivity index (χ0) is 25.1. The fourth-order valence-electron chi connectivity index (χ4n) is 3.40. The maximum absolute atomic E-state index is 12.6. The molecule has 0 radical (unpaired) electrons. The summed E-state index contributed by atoms with van der Waals surface area (Å²) in [5.74, 6) is 0.843. The Kier molecular flexibility index (Phi) is 7.09. The highest BCUT2D eigenvalue weighted by atomic mass is 35.5. The SMILES string of the molecule is Cc1cc(OCc2ccc(C(=O)Nc3cc(C)n(Cc4c(Cl)cccc4Cl)n3)o2)ccc1[N+](=O)[O-]. The second-order valence-corrected chi connectivity index (χ2v) is 8.56. The molecule has 0 saturated heterocycles. The molecule has 9 nitrogen and oxygen atoms in total. The number of benzene rings is 2. The third-order valence-corrected chi connectivity index (χ3v) is 5.93. The smallest absolute Gasteiger partial charge is 0.292 e. The molecule has 180 valence electrons. The van der Waals surface area contributed by atoms with Crippen molar-refractivity contribution in [1.29, 1.82) is 0 Å². The number of nitrogens with zero attached hydrogens (tertiary/aromatic N) is 3. The Bertz CT molecular complexity index is 1390. The minimum absolute atomic E-state index is 0.0157. The molecule has 4 rings (SSSR count). The van der Waals surface area contributed by atoms with Crippen molar-refractivity contribution >= 4 is 40.6 Å². The van der Waals surface area contributed by atoms with Gasteiger partial charge in [-0.1, -0.05) is 29.3 Å². The van der Waals surface area contributed by atoms with Crippen molar-refractivity contribution in [1.82, 2.24) is 9.78 Å². The second kappa shape index (κ2) is 10.2. The van der Waals surface area contributed by atoms with Crippen LogP contribution in [0.25, 0.3) is 0 Å². The predicted octanol–water partition coefficient (Wildman–Crippen LogP) is 6.19. The topological polar surface area (TPSA) is 112 Å². The highest BCUT2D eigenvalue weighted by Crippen LogP contribution is 2.26. The number of ether oxygens (including phenoxy) is 1. The first kappa shape index (κ1) is 24.3. The molecule has 4 aromatic rings. The van der Waals surface area contributed by atoms with E-state index in [0.29, 0.717) is 39.5 Å². The number of hydrogen-bond donors (Lipinski definition) is 1. The first-order valence-corrected chi connectivity index (χ1v) is 11.2. The number of aromatic nitrogens is 2. The molecule has 0 aliphatic heterocycles. The number of nitro groups is 1. The number of carbonyl (C=O) groups is 1. The van der Waals surface area contributed by atoms with E-state index < -0.39 is 10.8 Å². The lowest BCUT2D eigenvalue weighted by molar-refractivity contribution is -0.385. The summed E-state index contributed by atoms with van der Waals surface area (Å²) < 4.78 is 12.9. The maximum atomic E-state index is 12.6. The Morgan fingerprint density at radius 1 is 1.14 bits per heavy atom. The minimum Gasteiger partial charge on any atom is -0.486 e. The molecule has 0 unspecified atom stereocenters. The van der Waals surface area contributed by atoms with Crippen molar-refractivity contribution in [2.45, 2.75) is 27.0 Å². The standard InChI is InChI=1S/C24H20Cl2N4O5/c1-14-10-16(6-8-21(14)30(32)33)34-13-17-7-9-22(35-17)24(31)27-23-11-15(2)29(28-23)12-18-19(25)4-3-5-20(18)26/h3-11H,12-13H2,1-2H3,(H,27,28,31). The molecule has 0 atom stereocenters. The van der Waals surface area contributed by atoms with Gasteiger partial charge in [-0.25, -0.2) is 0 Å². The number of amides is 1. The molecule has 0 saturated carbocycles. The molecule has 1 N–H and O–H groups in total. The highest BCUT2D eigenvalue weighted by molar-refractivity contribution is 6.35. The van der Waals surface area contributed by atoms with Crippen molar-refractivity contribution < 1.29 is 18.9 Å². The van der Waals surface area contributed by atoms with E-state index in [2.05, 4.69) is 10.4 Å². The van der Waals surface area contributed by atoms with E-state index in [1.807, 2.05) is 6.92 Å². The zero-order valence-electron chi connectivity index (χ0n) is 18.7. The van der Waals surface area contributed by atoms with Crippen LogP contribution >= 0.6 is 23.2 Å². The van der Waals surface area contributed by atoms with Gasteiger partial charge in [0.2, 0.25) is 0 Å². The fourth-order valence-corrected chi connectivity index (χ4v) is 3.91. The number of nitrogens with one attached hydrogen (secondary N) is 1. The van der Waals surface area contributed by atoms with Gasteiger partial charge < -0.3 is 14.5 Å². The molecule has 2 aromatic carbocycles. The van der Waals surface area contributed by atoms with Crippen molar-refractivity contribution in [2.75, 3.05) is 5.32 Å². The monoisotopic (exact) mass is 514 g/mol. The molecule has 1 amide bonds. The Morgan fingerprint density at radius 2 is 1.89 bits per heavy atom. The second-order valence-electron chi connectivity index (χ2n) is 7.74. The average molecular weight is 515 g/mol. The summed E-state index contributed by atoms with van der Waals surface area (Å²) >= 11 is 12.5. The van der Waals surface area contributed by atoms with E-state index in [1.54, 1.807) is 48.0 Å². The molecule has 2 aromatic heterocycles. The lowest BCUT2D eigenvalue weighted by atomic mass is 10.2. The summed E-state index contributed by atoms with van der Waals surface area (Å²) in [5, 5.41) is 19.1. The van der Waals surface area contributed by atoms with Gasteiger partial charge in [0, 0.05) is 39.0 Å². The van der Waals surface area contributed by atoms with Gasteiger partial charge in [0.25, 0.3) is 11.6 Å². The summed E-state index contributed by atoms with van der Waals surface area (Å²) in [4.78, 5) is 23.1. The van der Waals surface area contributed by atoms with E-state index in [9.17, 15) is 14.9 Å². The Hall–Kier alpha value is -3.82. The number of halogens is 2. The van der Waals surface area contributed by atoms with Gasteiger partial charge >= 0.3 is 0 Å². The number of hydrogen-bond acceptors (Lipinski definition) is 6. The van der Waals surface area contributed by atoms with Crippen LogP contribution in [0.3, 0.4) is 0 Å². The van der Waals surface area contributed by atoms with Crippen LogP contribution in [-0.2, 0) is 13.2 Å². The molecular formula is C24H20Cl2N4O5. The summed E-state index contributed by atoms with van der Waals surface area (Å²) in [6.07, 6.45) is 0. The van der Waals surface area contributed by atoms with Gasteiger partial charge in [-0.05, 0) is 50.2 Å². The number of aryl methyl sites for hydroxylation is 2. The largest absolute Gasteiger partial charge is 0.486 e. The predicted molar refractivity (Wildman–Crippen MR) is 131 cm³/mol. The first-order valence-electron chi connectivity index (χ1n) is 10.5. The average Bonchev–Trinajstić information content (AvgIpc) is 3.41. The molecule has 11 heteroatoms. The number of nitro benzene ring substituents is 1. The quantitative estimate of drug-likeness (QED) is 0.221. The number of carbonyl (C=O) groups excluding carboxylic acids is 1. The molecule has 0 spiro atoms. The molecular weight excluding hydrogens is 495 g/mol. The lowest BCUT2D eigenvalue weighted by Crippen LogP contribution is -2.12. The molecule has 2 heterocycles. The number of furan rings is 1. The van der Waals surface area contributed by atoms with Crippen LogP contribution in [0, 0.1) is 24.0 Å². The van der Waals surface area contributed by atoms with Gasteiger partial charge in [0.1, 0.15) is 18.1 Å². The third-order valence-electron chi connectivity index (χ3n) is 5.22. The van der Waals surface area contributed by atoms with E-state index in [4.69, 9.17) is 32.4 Å². The van der Waals surface area contributed by atoms with Gasteiger partial charge in [0.15, 0.2) is 11.6 Å². The Morgan fingerprint density at radius 3 is 2.57 bits per heavy atom. The minimum atomic E-state index is -0.470. The van der Waals surface area contributed by atoms with Crippen LogP contribution in [0.5, 0.6) is 5.75 Å². The van der Waals surface area contributed by atoms with Gasteiger partial charge in [0.05, 0.1) is 11.5 Å². The van der Waals surface area contributed by atoms with Crippen molar-refractivity contribution in [3.8, 4) is 5.75 Å². The van der Waals surface area contributed by atoms with Gasteiger partial charge in [-0.2, -0.15) is 5.10 Å². The van der Waals surface area contributed by atoms with E-state index in [-0.39, 0.29) is 18.1 Å². The van der Waals surface area contributed by atoms with Crippen LogP contribution in [0.4, 0.5) is 11.5 Å². The molecule has 0 aliphatic rings.